The smallest absolute Gasteiger partial charge is 0.246 e. The van der Waals surface area contributed by atoms with E-state index in [-0.39, 0.29) is 16.7 Å². The second-order valence-electron chi connectivity index (χ2n) is 3.43. The fourth-order valence-electron chi connectivity index (χ4n) is 1.24. The van der Waals surface area contributed by atoms with E-state index >= 15 is 0 Å². The molecule has 2 rings (SSSR count). The third kappa shape index (κ3) is 2.83. The second-order valence-corrected chi connectivity index (χ2v) is 6.53. The van der Waals surface area contributed by atoms with Crippen molar-refractivity contribution < 1.29 is 8.42 Å². The molecule has 9 heteroatoms. The van der Waals surface area contributed by atoms with Crippen molar-refractivity contribution in [3.63, 3.8) is 0 Å². The van der Waals surface area contributed by atoms with Crippen LogP contribution in [0.3, 0.4) is 0 Å². The Bertz CT molecular complexity index is 613. The van der Waals surface area contributed by atoms with Gasteiger partial charge < -0.3 is 0 Å². The highest BCUT2D eigenvalue weighted by molar-refractivity contribution is 7.89. The van der Waals surface area contributed by atoms with E-state index in [0.717, 1.165) is 0 Å². The summed E-state index contributed by atoms with van der Waals surface area (Å²) in [6, 6.07) is 0. The lowest BCUT2D eigenvalue weighted by Gasteiger charge is -2.15. The minimum Gasteiger partial charge on any atom is -0.248 e. The normalized spacial score (nSPS) is 11.9. The Morgan fingerprint density at radius 2 is 2.00 bits per heavy atom. The number of nitrogens with zero attached hydrogens (tertiary/aromatic N) is 4. The van der Waals surface area contributed by atoms with Crippen molar-refractivity contribution >= 4 is 33.0 Å². The summed E-state index contributed by atoms with van der Waals surface area (Å²) in [6.07, 6.45) is 2.37. The number of rotatable bonds is 4. The number of hydrogen-bond acceptors (Lipinski definition) is 6. The first kappa shape index (κ1) is 13.3. The summed E-state index contributed by atoms with van der Waals surface area (Å²) in [5.41, 5.74) is 2.35. The van der Waals surface area contributed by atoms with Gasteiger partial charge in [-0.25, -0.2) is 23.4 Å². The molecule has 2 aromatic rings. The van der Waals surface area contributed by atoms with Gasteiger partial charge in [-0.3, -0.25) is 0 Å². The lowest BCUT2D eigenvalue weighted by atomic mass is 10.5. The average Bonchev–Trinajstić information content (AvgIpc) is 2.82. The van der Waals surface area contributed by atoms with Crippen molar-refractivity contribution in [2.45, 2.75) is 11.4 Å². The van der Waals surface area contributed by atoms with E-state index in [2.05, 4.69) is 15.0 Å². The molecule has 0 aromatic carbocycles. The molecule has 0 saturated carbocycles. The topological polar surface area (TPSA) is 76.1 Å². The second kappa shape index (κ2) is 5.27. The summed E-state index contributed by atoms with van der Waals surface area (Å²) in [4.78, 5) is 11.4. The van der Waals surface area contributed by atoms with Crippen LogP contribution in [0.1, 0.15) is 5.69 Å². The molecule has 0 atom stereocenters. The Balaban J connectivity index is 2.22. The maximum Gasteiger partial charge on any atom is 0.246 e. The van der Waals surface area contributed by atoms with Gasteiger partial charge in [-0.2, -0.15) is 4.31 Å². The first-order valence-electron chi connectivity index (χ1n) is 4.81. The molecular formula is C9H9ClN4O2S2. The lowest BCUT2D eigenvalue weighted by Crippen LogP contribution is -2.26. The molecule has 0 aliphatic rings. The number of aromatic nitrogens is 3. The molecule has 6 nitrogen and oxygen atoms in total. The van der Waals surface area contributed by atoms with Crippen LogP contribution < -0.4 is 0 Å². The van der Waals surface area contributed by atoms with Crippen molar-refractivity contribution in [3.05, 3.63) is 34.3 Å². The molecule has 0 radical (unpaired) electrons. The van der Waals surface area contributed by atoms with Gasteiger partial charge >= 0.3 is 0 Å². The Labute approximate surface area is 113 Å². The van der Waals surface area contributed by atoms with Crippen molar-refractivity contribution in [1.29, 1.82) is 0 Å². The monoisotopic (exact) mass is 304 g/mol. The molecule has 0 spiro atoms. The predicted molar refractivity (Wildman–Crippen MR) is 67.8 cm³/mol. The average molecular weight is 305 g/mol. The molecule has 0 unspecified atom stereocenters. The predicted octanol–water partition coefficient (Wildman–Crippen LogP) is 1.41. The van der Waals surface area contributed by atoms with E-state index in [1.54, 1.807) is 10.9 Å². The number of halogens is 1. The van der Waals surface area contributed by atoms with Crippen LogP contribution in [-0.4, -0.2) is 34.7 Å². The van der Waals surface area contributed by atoms with Gasteiger partial charge in [0.25, 0.3) is 0 Å². The number of hydrogen-bond donors (Lipinski definition) is 0. The summed E-state index contributed by atoms with van der Waals surface area (Å²) in [7, 11) is -2.14. The van der Waals surface area contributed by atoms with Crippen LogP contribution in [0.25, 0.3) is 0 Å². The highest BCUT2D eigenvalue weighted by atomic mass is 35.5. The maximum atomic E-state index is 12.1. The SMILES string of the molecule is CN(Cc1cscn1)S(=O)(=O)c1cnc(Cl)nc1. The van der Waals surface area contributed by atoms with Crippen LogP contribution in [0.5, 0.6) is 0 Å². The Hall–Kier alpha value is -1.09. The largest absolute Gasteiger partial charge is 0.248 e. The summed E-state index contributed by atoms with van der Waals surface area (Å²) in [5.74, 6) is 0. The molecule has 18 heavy (non-hydrogen) atoms. The molecular weight excluding hydrogens is 296 g/mol. The first-order chi connectivity index (χ1) is 8.50. The fourth-order valence-corrected chi connectivity index (χ4v) is 2.92. The minimum atomic E-state index is -3.62. The van der Waals surface area contributed by atoms with Crippen LogP contribution in [0, 0.1) is 0 Å². The van der Waals surface area contributed by atoms with E-state index < -0.39 is 10.0 Å². The molecule has 0 N–H and O–H groups in total. The van der Waals surface area contributed by atoms with Gasteiger partial charge in [0.15, 0.2) is 0 Å². The first-order valence-corrected chi connectivity index (χ1v) is 7.57. The third-order valence-electron chi connectivity index (χ3n) is 2.17. The highest BCUT2D eigenvalue weighted by Crippen LogP contribution is 2.15. The molecule has 2 aromatic heterocycles. The molecule has 0 saturated heterocycles. The Morgan fingerprint density at radius 3 is 2.56 bits per heavy atom. The fraction of sp³-hybridized carbons (Fsp3) is 0.222. The summed E-state index contributed by atoms with van der Waals surface area (Å²) in [6.45, 7) is 0.203. The van der Waals surface area contributed by atoms with Gasteiger partial charge in [-0.1, -0.05) is 0 Å². The quantitative estimate of drug-likeness (QED) is 0.798. The van der Waals surface area contributed by atoms with Gasteiger partial charge in [0.2, 0.25) is 15.3 Å². The summed E-state index contributed by atoms with van der Waals surface area (Å²) in [5, 5.41) is 1.81. The molecule has 2 heterocycles. The maximum absolute atomic E-state index is 12.1. The molecule has 0 amide bonds. The third-order valence-corrected chi connectivity index (χ3v) is 4.76. The summed E-state index contributed by atoms with van der Waals surface area (Å²) < 4.78 is 25.5. The lowest BCUT2D eigenvalue weighted by molar-refractivity contribution is 0.462. The zero-order chi connectivity index (χ0) is 13.2. The standard InChI is InChI=1S/C9H9ClN4O2S2/c1-14(4-7-5-17-6-13-7)18(15,16)8-2-11-9(10)12-3-8/h2-3,5-6H,4H2,1H3. The Morgan fingerprint density at radius 1 is 1.33 bits per heavy atom. The molecule has 0 bridgehead atoms. The van der Waals surface area contributed by atoms with Gasteiger partial charge in [-0.05, 0) is 11.6 Å². The van der Waals surface area contributed by atoms with Crippen LogP contribution >= 0.6 is 22.9 Å². The zero-order valence-electron chi connectivity index (χ0n) is 9.32. The number of thiazole rings is 1. The minimum absolute atomic E-state index is 0.00429. The van der Waals surface area contributed by atoms with Crippen molar-refractivity contribution in [2.24, 2.45) is 0 Å². The van der Waals surface area contributed by atoms with Crippen molar-refractivity contribution in [3.8, 4) is 0 Å². The molecule has 0 aliphatic heterocycles. The van der Waals surface area contributed by atoms with E-state index in [9.17, 15) is 8.42 Å². The molecule has 0 fully saturated rings. The number of sulfonamides is 1. The van der Waals surface area contributed by atoms with Crippen LogP contribution in [0.15, 0.2) is 28.2 Å². The highest BCUT2D eigenvalue weighted by Gasteiger charge is 2.22. The van der Waals surface area contributed by atoms with Crippen molar-refractivity contribution in [1.82, 2.24) is 19.3 Å². The van der Waals surface area contributed by atoms with Crippen LogP contribution in [0.4, 0.5) is 0 Å². The molecule has 0 aliphatic carbocycles. The summed E-state index contributed by atoms with van der Waals surface area (Å²) >= 11 is 6.93. The van der Waals surface area contributed by atoms with Gasteiger partial charge in [0.05, 0.1) is 30.1 Å². The van der Waals surface area contributed by atoms with E-state index in [1.807, 2.05) is 0 Å². The van der Waals surface area contributed by atoms with Crippen LogP contribution in [0.2, 0.25) is 5.28 Å². The van der Waals surface area contributed by atoms with Gasteiger partial charge in [0, 0.05) is 12.4 Å². The van der Waals surface area contributed by atoms with Gasteiger partial charge in [0.1, 0.15) is 4.90 Å². The van der Waals surface area contributed by atoms with Crippen LogP contribution in [-0.2, 0) is 16.6 Å². The van der Waals surface area contributed by atoms with E-state index in [0.29, 0.717) is 5.69 Å². The zero-order valence-corrected chi connectivity index (χ0v) is 11.7. The van der Waals surface area contributed by atoms with Crippen molar-refractivity contribution in [2.75, 3.05) is 7.05 Å². The van der Waals surface area contributed by atoms with Gasteiger partial charge in [-0.15, -0.1) is 11.3 Å². The van der Waals surface area contributed by atoms with E-state index in [1.165, 1.54) is 35.1 Å². The molecule has 96 valence electrons. The van der Waals surface area contributed by atoms with E-state index in [4.69, 9.17) is 11.6 Å². The Kier molecular flexibility index (Phi) is 3.91.